The lowest BCUT2D eigenvalue weighted by molar-refractivity contribution is 0.462. The summed E-state index contributed by atoms with van der Waals surface area (Å²) >= 11 is 9.52. The van der Waals surface area contributed by atoms with Crippen molar-refractivity contribution in [2.24, 2.45) is 0 Å². The maximum atomic E-state index is 6.06. The van der Waals surface area contributed by atoms with Gasteiger partial charge in [0.05, 0.1) is 6.20 Å². The highest BCUT2D eigenvalue weighted by Crippen LogP contribution is 2.29. The quantitative estimate of drug-likeness (QED) is 0.834. The lowest BCUT2D eigenvalue weighted by Gasteiger charge is -2.09. The highest BCUT2D eigenvalue weighted by atomic mass is 79.9. The van der Waals surface area contributed by atoms with Gasteiger partial charge in [-0.25, -0.2) is 4.98 Å². The van der Waals surface area contributed by atoms with Crippen LogP contribution >= 0.6 is 27.5 Å². The number of hydrogen-bond donors (Lipinski definition) is 1. The summed E-state index contributed by atoms with van der Waals surface area (Å²) < 4.78 is 6.75. The normalized spacial score (nSPS) is 10.4. The van der Waals surface area contributed by atoms with E-state index in [1.165, 1.54) is 6.20 Å². The van der Waals surface area contributed by atoms with Crippen LogP contribution in [0.25, 0.3) is 0 Å². The first-order valence-electron chi connectivity index (χ1n) is 6.30. The molecular weight excluding hydrogens is 342 g/mol. The van der Waals surface area contributed by atoms with Crippen LogP contribution in [0.1, 0.15) is 18.9 Å². The van der Waals surface area contributed by atoms with Gasteiger partial charge in [0.15, 0.2) is 0 Å². The van der Waals surface area contributed by atoms with Crippen molar-refractivity contribution >= 4 is 33.5 Å². The molecule has 0 radical (unpaired) electrons. The zero-order valence-corrected chi connectivity index (χ0v) is 13.6. The van der Waals surface area contributed by atoms with Crippen LogP contribution in [0.5, 0.6) is 11.6 Å². The topological polar surface area (TPSA) is 47.0 Å². The standard InChI is InChI=1S/C14H15BrClN3O/c1-3-6-17-14-18-8-12(16)13(19-14)20-10-4-5-11(15)9(2)7-10/h4-5,7-8H,3,6H2,1-2H3,(H,17,18,19). The number of benzene rings is 1. The summed E-state index contributed by atoms with van der Waals surface area (Å²) in [6.07, 6.45) is 2.53. The molecule has 20 heavy (non-hydrogen) atoms. The van der Waals surface area contributed by atoms with Crippen LogP contribution in [0.4, 0.5) is 5.95 Å². The monoisotopic (exact) mass is 355 g/mol. The third-order valence-corrected chi connectivity index (χ3v) is 3.74. The van der Waals surface area contributed by atoms with Crippen LogP contribution in [0, 0.1) is 6.92 Å². The van der Waals surface area contributed by atoms with Gasteiger partial charge in [0.25, 0.3) is 0 Å². The molecule has 1 aromatic carbocycles. The van der Waals surface area contributed by atoms with E-state index < -0.39 is 0 Å². The fourth-order valence-electron chi connectivity index (χ4n) is 1.54. The Morgan fingerprint density at radius 3 is 2.90 bits per heavy atom. The van der Waals surface area contributed by atoms with Crippen LogP contribution in [0.3, 0.4) is 0 Å². The highest BCUT2D eigenvalue weighted by Gasteiger charge is 2.08. The fourth-order valence-corrected chi connectivity index (χ4v) is 1.91. The maximum absolute atomic E-state index is 6.06. The van der Waals surface area contributed by atoms with Crippen molar-refractivity contribution in [2.75, 3.05) is 11.9 Å². The highest BCUT2D eigenvalue weighted by molar-refractivity contribution is 9.10. The third kappa shape index (κ3) is 3.84. The second-order valence-electron chi connectivity index (χ2n) is 4.29. The molecule has 6 heteroatoms. The number of ether oxygens (including phenoxy) is 1. The van der Waals surface area contributed by atoms with Gasteiger partial charge in [-0.1, -0.05) is 34.5 Å². The van der Waals surface area contributed by atoms with Crippen molar-refractivity contribution in [3.05, 3.63) is 39.5 Å². The predicted molar refractivity (Wildman–Crippen MR) is 84.8 cm³/mol. The molecule has 0 aliphatic heterocycles. The summed E-state index contributed by atoms with van der Waals surface area (Å²) in [6.45, 7) is 4.87. The Labute approximate surface area is 131 Å². The average molecular weight is 357 g/mol. The van der Waals surface area contributed by atoms with Gasteiger partial charge < -0.3 is 10.1 Å². The molecule has 0 spiro atoms. The molecule has 0 saturated heterocycles. The number of nitrogens with one attached hydrogen (secondary N) is 1. The number of aryl methyl sites for hydroxylation is 1. The Morgan fingerprint density at radius 2 is 2.20 bits per heavy atom. The summed E-state index contributed by atoms with van der Waals surface area (Å²) in [6, 6.07) is 5.70. The van der Waals surface area contributed by atoms with Crippen molar-refractivity contribution in [1.29, 1.82) is 0 Å². The minimum absolute atomic E-state index is 0.349. The molecular formula is C14H15BrClN3O. The van der Waals surface area contributed by atoms with Gasteiger partial charge in [0.1, 0.15) is 10.8 Å². The zero-order chi connectivity index (χ0) is 14.5. The summed E-state index contributed by atoms with van der Waals surface area (Å²) in [4.78, 5) is 8.38. The first-order valence-corrected chi connectivity index (χ1v) is 7.47. The van der Waals surface area contributed by atoms with E-state index in [1.54, 1.807) is 0 Å². The molecule has 106 valence electrons. The average Bonchev–Trinajstić information content (AvgIpc) is 2.44. The van der Waals surface area contributed by atoms with Crippen molar-refractivity contribution in [3.8, 4) is 11.6 Å². The number of aromatic nitrogens is 2. The van der Waals surface area contributed by atoms with Crippen molar-refractivity contribution in [2.45, 2.75) is 20.3 Å². The van der Waals surface area contributed by atoms with Gasteiger partial charge in [0.2, 0.25) is 11.8 Å². The van der Waals surface area contributed by atoms with Gasteiger partial charge >= 0.3 is 0 Å². The lowest BCUT2D eigenvalue weighted by atomic mass is 10.2. The molecule has 1 heterocycles. The van der Waals surface area contributed by atoms with Gasteiger partial charge in [0, 0.05) is 11.0 Å². The maximum Gasteiger partial charge on any atom is 0.243 e. The van der Waals surface area contributed by atoms with E-state index >= 15 is 0 Å². The molecule has 0 aliphatic carbocycles. The first-order chi connectivity index (χ1) is 9.60. The number of hydrogen-bond acceptors (Lipinski definition) is 4. The summed E-state index contributed by atoms with van der Waals surface area (Å²) in [7, 11) is 0. The lowest BCUT2D eigenvalue weighted by Crippen LogP contribution is -2.04. The minimum atomic E-state index is 0.349. The number of rotatable bonds is 5. The van der Waals surface area contributed by atoms with Gasteiger partial charge in [-0.05, 0) is 37.1 Å². The van der Waals surface area contributed by atoms with Crippen LogP contribution in [0.2, 0.25) is 5.02 Å². The smallest absolute Gasteiger partial charge is 0.243 e. The Kier molecular flexibility index (Phi) is 5.20. The Hall–Kier alpha value is -1.33. The van der Waals surface area contributed by atoms with E-state index in [0.717, 1.165) is 23.0 Å². The Morgan fingerprint density at radius 1 is 1.40 bits per heavy atom. The van der Waals surface area contributed by atoms with E-state index in [0.29, 0.717) is 22.6 Å². The molecule has 0 aliphatic rings. The molecule has 1 N–H and O–H groups in total. The number of anilines is 1. The molecule has 0 atom stereocenters. The largest absolute Gasteiger partial charge is 0.437 e. The van der Waals surface area contributed by atoms with Crippen LogP contribution in [-0.4, -0.2) is 16.5 Å². The van der Waals surface area contributed by atoms with Crippen molar-refractivity contribution < 1.29 is 4.74 Å². The molecule has 1 aromatic heterocycles. The Balaban J connectivity index is 2.20. The number of nitrogens with zero attached hydrogens (tertiary/aromatic N) is 2. The minimum Gasteiger partial charge on any atom is -0.437 e. The Bertz CT molecular complexity index is 607. The molecule has 0 fully saturated rings. The summed E-state index contributed by atoms with van der Waals surface area (Å²) in [5.41, 5.74) is 1.08. The van der Waals surface area contributed by atoms with E-state index in [-0.39, 0.29) is 0 Å². The number of halogens is 2. The predicted octanol–water partition coefficient (Wildman–Crippen LogP) is 4.82. The fraction of sp³-hybridized carbons (Fsp3) is 0.286. The molecule has 2 rings (SSSR count). The molecule has 0 bridgehead atoms. The SMILES string of the molecule is CCCNc1ncc(Cl)c(Oc2ccc(Br)c(C)c2)n1. The van der Waals surface area contributed by atoms with Gasteiger partial charge in [-0.3, -0.25) is 0 Å². The van der Waals surface area contributed by atoms with Crippen LogP contribution < -0.4 is 10.1 Å². The molecule has 2 aromatic rings. The van der Waals surface area contributed by atoms with E-state index in [9.17, 15) is 0 Å². The molecule has 0 amide bonds. The third-order valence-electron chi connectivity index (χ3n) is 2.59. The van der Waals surface area contributed by atoms with E-state index in [4.69, 9.17) is 16.3 Å². The van der Waals surface area contributed by atoms with Gasteiger partial charge in [-0.2, -0.15) is 4.98 Å². The van der Waals surface area contributed by atoms with Gasteiger partial charge in [-0.15, -0.1) is 0 Å². The molecule has 0 unspecified atom stereocenters. The second-order valence-corrected chi connectivity index (χ2v) is 5.55. The molecule has 0 saturated carbocycles. The summed E-state index contributed by atoms with van der Waals surface area (Å²) in [5, 5.41) is 3.48. The zero-order valence-electron chi connectivity index (χ0n) is 11.3. The molecule has 4 nitrogen and oxygen atoms in total. The van der Waals surface area contributed by atoms with Crippen LogP contribution in [-0.2, 0) is 0 Å². The summed E-state index contributed by atoms with van der Waals surface area (Å²) in [5.74, 6) is 1.55. The van der Waals surface area contributed by atoms with Crippen molar-refractivity contribution in [3.63, 3.8) is 0 Å². The first kappa shape index (κ1) is 15.1. The van der Waals surface area contributed by atoms with Crippen molar-refractivity contribution in [1.82, 2.24) is 9.97 Å². The van der Waals surface area contributed by atoms with Crippen LogP contribution in [0.15, 0.2) is 28.9 Å². The second kappa shape index (κ2) is 6.90. The van der Waals surface area contributed by atoms with E-state index in [2.05, 4.69) is 38.1 Å². The van der Waals surface area contributed by atoms with E-state index in [1.807, 2.05) is 25.1 Å².